The molecule has 5 rings (SSSR count). The van der Waals surface area contributed by atoms with E-state index in [2.05, 4.69) is 41.3 Å². The first kappa shape index (κ1) is 13.6. The van der Waals surface area contributed by atoms with Gasteiger partial charge in [-0.3, -0.25) is 4.79 Å². The Morgan fingerprint density at radius 2 is 1.65 bits per heavy atom. The molecule has 1 aromatic rings. The number of rotatable bonds is 2. The van der Waals surface area contributed by atoms with Crippen molar-refractivity contribution in [2.24, 2.45) is 23.7 Å². The van der Waals surface area contributed by atoms with Crippen LogP contribution in [0.3, 0.4) is 0 Å². The summed E-state index contributed by atoms with van der Waals surface area (Å²) < 4.78 is 5.50. The van der Waals surface area contributed by atoms with E-state index < -0.39 is 0 Å². The van der Waals surface area contributed by atoms with Crippen molar-refractivity contribution in [1.82, 2.24) is 4.90 Å². The van der Waals surface area contributed by atoms with Crippen LogP contribution in [0.25, 0.3) is 5.57 Å². The molecule has 0 radical (unpaired) electrons. The van der Waals surface area contributed by atoms with Gasteiger partial charge in [-0.1, -0.05) is 42.5 Å². The third kappa shape index (κ3) is 1.89. The fourth-order valence-electron chi connectivity index (χ4n) is 5.08. The van der Waals surface area contributed by atoms with E-state index in [-0.39, 0.29) is 5.92 Å². The lowest BCUT2D eigenvalue weighted by atomic mass is 9.80. The van der Waals surface area contributed by atoms with Gasteiger partial charge in [0.05, 0.1) is 18.9 Å². The number of benzene rings is 1. The number of carbonyl (C=O) groups excluding carboxylic acids is 1. The maximum absolute atomic E-state index is 13.3. The van der Waals surface area contributed by atoms with Gasteiger partial charge in [-0.05, 0) is 29.4 Å². The standard InChI is InChI=1S/C20H21NO2/c22-20-18-15-7-6-14(12-15)16(18)17(13-4-2-1-3-5-13)19(20)21-8-10-23-11-9-21/h1-7,14-16,18H,8-12H2/t14-,15+,16?,18?/m0/s1. The summed E-state index contributed by atoms with van der Waals surface area (Å²) in [4.78, 5) is 15.6. The number of nitrogens with zero attached hydrogens (tertiary/aromatic N) is 1. The molecular formula is C20H21NO2. The molecule has 3 nitrogen and oxygen atoms in total. The summed E-state index contributed by atoms with van der Waals surface area (Å²) in [5.74, 6) is 1.95. The quantitative estimate of drug-likeness (QED) is 0.787. The van der Waals surface area contributed by atoms with Gasteiger partial charge < -0.3 is 9.64 Å². The number of morpholine rings is 1. The van der Waals surface area contributed by atoms with Gasteiger partial charge in [0, 0.05) is 24.9 Å². The number of allylic oxidation sites excluding steroid dienone is 4. The largest absolute Gasteiger partial charge is 0.378 e. The average Bonchev–Trinajstić information content (AvgIpc) is 3.29. The minimum absolute atomic E-state index is 0.179. The minimum atomic E-state index is 0.179. The van der Waals surface area contributed by atoms with E-state index in [1.54, 1.807) is 0 Å². The van der Waals surface area contributed by atoms with E-state index in [9.17, 15) is 4.79 Å². The highest BCUT2D eigenvalue weighted by molar-refractivity contribution is 6.10. The molecule has 23 heavy (non-hydrogen) atoms. The van der Waals surface area contributed by atoms with Crippen molar-refractivity contribution in [1.29, 1.82) is 0 Å². The molecule has 0 spiro atoms. The van der Waals surface area contributed by atoms with Gasteiger partial charge in [0.1, 0.15) is 0 Å². The van der Waals surface area contributed by atoms with Crippen molar-refractivity contribution in [3.63, 3.8) is 0 Å². The van der Waals surface area contributed by atoms with Crippen molar-refractivity contribution in [2.75, 3.05) is 26.3 Å². The van der Waals surface area contributed by atoms with Crippen LogP contribution in [0.15, 0.2) is 48.2 Å². The van der Waals surface area contributed by atoms with Crippen LogP contribution >= 0.6 is 0 Å². The van der Waals surface area contributed by atoms with Crippen molar-refractivity contribution < 1.29 is 9.53 Å². The van der Waals surface area contributed by atoms with Crippen LogP contribution in [-0.2, 0) is 9.53 Å². The second-order valence-electron chi connectivity index (χ2n) is 7.09. The second kappa shape index (κ2) is 5.07. The van der Waals surface area contributed by atoms with E-state index in [0.717, 1.165) is 38.4 Å². The zero-order chi connectivity index (χ0) is 15.4. The van der Waals surface area contributed by atoms with E-state index in [1.165, 1.54) is 11.1 Å². The summed E-state index contributed by atoms with van der Waals surface area (Å²) >= 11 is 0. The number of Topliss-reactive ketones (excluding diaryl/α,β-unsaturated/α-hetero) is 1. The number of ketones is 1. The van der Waals surface area contributed by atoms with Crippen LogP contribution in [-0.4, -0.2) is 37.0 Å². The summed E-state index contributed by atoms with van der Waals surface area (Å²) in [6, 6.07) is 10.6. The number of fused-ring (bicyclic) bond motifs is 5. The first-order chi connectivity index (χ1) is 11.3. The molecule has 0 amide bonds. The van der Waals surface area contributed by atoms with E-state index in [4.69, 9.17) is 4.74 Å². The van der Waals surface area contributed by atoms with E-state index >= 15 is 0 Å². The Kier molecular flexibility index (Phi) is 2.99. The van der Waals surface area contributed by atoms with Gasteiger partial charge in [0.25, 0.3) is 0 Å². The normalized spacial score (nSPS) is 35.3. The molecular weight excluding hydrogens is 286 g/mol. The Bertz CT molecular complexity index is 700. The highest BCUT2D eigenvalue weighted by Crippen LogP contribution is 2.58. The number of hydrogen-bond acceptors (Lipinski definition) is 3. The van der Waals surface area contributed by atoms with Crippen LogP contribution in [0.1, 0.15) is 12.0 Å². The highest BCUT2D eigenvalue weighted by atomic mass is 16.5. The predicted molar refractivity (Wildman–Crippen MR) is 88.5 cm³/mol. The predicted octanol–water partition coefficient (Wildman–Crippen LogP) is 2.75. The molecule has 1 saturated carbocycles. The molecule has 4 aliphatic rings. The van der Waals surface area contributed by atoms with Gasteiger partial charge in [-0.25, -0.2) is 0 Å². The average molecular weight is 307 g/mol. The zero-order valence-corrected chi connectivity index (χ0v) is 13.2. The van der Waals surface area contributed by atoms with Crippen LogP contribution in [0.2, 0.25) is 0 Å². The monoisotopic (exact) mass is 307 g/mol. The molecule has 2 unspecified atom stereocenters. The Labute approximate surface area is 136 Å². The van der Waals surface area contributed by atoms with Crippen molar-refractivity contribution in [3.8, 4) is 0 Å². The smallest absolute Gasteiger partial charge is 0.183 e. The van der Waals surface area contributed by atoms with Crippen LogP contribution < -0.4 is 0 Å². The molecule has 2 bridgehead atoms. The number of hydrogen-bond donors (Lipinski definition) is 0. The Morgan fingerprint density at radius 1 is 0.957 bits per heavy atom. The second-order valence-corrected chi connectivity index (χ2v) is 7.09. The van der Waals surface area contributed by atoms with Gasteiger partial charge in [0.2, 0.25) is 0 Å². The third-order valence-corrected chi connectivity index (χ3v) is 6.00. The molecule has 0 N–H and O–H groups in total. The maximum atomic E-state index is 13.3. The lowest BCUT2D eigenvalue weighted by molar-refractivity contribution is -0.121. The molecule has 0 aromatic heterocycles. The van der Waals surface area contributed by atoms with Crippen LogP contribution in [0.5, 0.6) is 0 Å². The summed E-state index contributed by atoms with van der Waals surface area (Å²) in [5.41, 5.74) is 3.53. The number of carbonyl (C=O) groups is 1. The molecule has 2 fully saturated rings. The molecule has 1 heterocycles. The zero-order valence-electron chi connectivity index (χ0n) is 13.2. The Morgan fingerprint density at radius 3 is 2.39 bits per heavy atom. The molecule has 1 saturated heterocycles. The summed E-state index contributed by atoms with van der Waals surface area (Å²) in [6.07, 6.45) is 5.80. The summed E-state index contributed by atoms with van der Waals surface area (Å²) in [5, 5.41) is 0. The minimum Gasteiger partial charge on any atom is -0.378 e. The SMILES string of the molecule is O=C1C(N2CCOCC2)=C(c2ccccc2)C2C1[C@@H]1C=C[C@H]2C1. The molecule has 4 atom stereocenters. The first-order valence-corrected chi connectivity index (χ1v) is 8.69. The number of ether oxygens (including phenoxy) is 1. The molecule has 118 valence electrons. The van der Waals surface area contributed by atoms with E-state index in [0.29, 0.717) is 23.5 Å². The Hall–Kier alpha value is -1.87. The van der Waals surface area contributed by atoms with Crippen molar-refractivity contribution >= 4 is 11.4 Å². The molecule has 3 heteroatoms. The lowest BCUT2D eigenvalue weighted by Gasteiger charge is -2.31. The third-order valence-electron chi connectivity index (χ3n) is 6.00. The summed E-state index contributed by atoms with van der Waals surface area (Å²) in [7, 11) is 0. The highest BCUT2D eigenvalue weighted by Gasteiger charge is 2.56. The molecule has 1 aromatic carbocycles. The first-order valence-electron chi connectivity index (χ1n) is 8.69. The van der Waals surface area contributed by atoms with Crippen LogP contribution in [0.4, 0.5) is 0 Å². The van der Waals surface area contributed by atoms with Gasteiger partial charge in [-0.2, -0.15) is 0 Å². The van der Waals surface area contributed by atoms with Gasteiger partial charge in [-0.15, -0.1) is 0 Å². The van der Waals surface area contributed by atoms with Crippen molar-refractivity contribution in [2.45, 2.75) is 6.42 Å². The fraction of sp³-hybridized carbons (Fsp3) is 0.450. The van der Waals surface area contributed by atoms with Crippen molar-refractivity contribution in [3.05, 3.63) is 53.7 Å². The van der Waals surface area contributed by atoms with Gasteiger partial charge >= 0.3 is 0 Å². The summed E-state index contributed by atoms with van der Waals surface area (Å²) in [6.45, 7) is 3.11. The topological polar surface area (TPSA) is 29.5 Å². The van der Waals surface area contributed by atoms with E-state index in [1.807, 2.05) is 6.07 Å². The molecule has 3 aliphatic carbocycles. The van der Waals surface area contributed by atoms with Crippen LogP contribution in [0, 0.1) is 23.7 Å². The fourth-order valence-corrected chi connectivity index (χ4v) is 5.08. The Balaban J connectivity index is 1.66. The maximum Gasteiger partial charge on any atom is 0.183 e. The molecule has 1 aliphatic heterocycles. The van der Waals surface area contributed by atoms with Gasteiger partial charge in [0.15, 0.2) is 5.78 Å². The lowest BCUT2D eigenvalue weighted by Crippen LogP contribution is -2.38.